The molecule has 0 amide bonds. The van der Waals surface area contributed by atoms with E-state index in [0.29, 0.717) is 5.01 Å². The Morgan fingerprint density at radius 2 is 1.94 bits per heavy atom. The molecule has 0 aliphatic carbocycles. The molecule has 0 aromatic rings. The largest absolute Gasteiger partial charge is 0.408 e. The van der Waals surface area contributed by atoms with E-state index < -0.39 is 12.7 Å². The third-order valence-corrected chi connectivity index (χ3v) is 1.83. The molecule has 18 heavy (non-hydrogen) atoms. The number of halogens is 3. The molecule has 0 atom stereocenters. The van der Waals surface area contributed by atoms with E-state index in [4.69, 9.17) is 0 Å². The molecular weight excluding hydrogens is 245 g/mol. The molecule has 0 spiro atoms. The topological polar surface area (TPSA) is 31.2 Å². The number of allylic oxidation sites excluding steroid dienone is 2. The maximum atomic E-state index is 12.0. The number of hydrazone groups is 1. The fourth-order valence-corrected chi connectivity index (χ4v) is 0.816. The summed E-state index contributed by atoms with van der Waals surface area (Å²) in [6, 6.07) is 0. The van der Waals surface area contributed by atoms with Gasteiger partial charge in [-0.25, -0.2) is 4.99 Å². The van der Waals surface area contributed by atoms with Crippen molar-refractivity contribution in [2.45, 2.75) is 13.1 Å². The minimum atomic E-state index is -4.31. The van der Waals surface area contributed by atoms with Crippen molar-refractivity contribution in [1.82, 2.24) is 9.91 Å². The Labute approximate surface area is 105 Å². The number of rotatable bonds is 7. The average Bonchev–Trinajstić information content (AvgIpc) is 2.29. The molecule has 0 aromatic carbocycles. The lowest BCUT2D eigenvalue weighted by atomic mass is 10.5. The van der Waals surface area contributed by atoms with E-state index in [1.54, 1.807) is 6.34 Å². The quantitative estimate of drug-likeness (QED) is 0.305. The molecule has 0 rings (SSSR count). The second-order valence-electron chi connectivity index (χ2n) is 3.37. The van der Waals surface area contributed by atoms with E-state index >= 15 is 0 Å². The summed E-state index contributed by atoms with van der Waals surface area (Å²) in [5.74, 6) is 0. The smallest absolute Gasteiger partial charge is 0.366 e. The molecule has 7 heteroatoms. The van der Waals surface area contributed by atoms with E-state index in [9.17, 15) is 13.2 Å². The van der Waals surface area contributed by atoms with Crippen LogP contribution in [0.25, 0.3) is 0 Å². The summed E-state index contributed by atoms with van der Waals surface area (Å²) < 4.78 is 36.1. The minimum Gasteiger partial charge on any atom is -0.366 e. The first-order valence-corrected chi connectivity index (χ1v) is 5.26. The maximum absolute atomic E-state index is 12.0. The molecule has 0 aliphatic rings. The summed E-state index contributed by atoms with van der Waals surface area (Å²) in [5, 5.41) is 3.93. The molecule has 0 aromatic heterocycles. The van der Waals surface area contributed by atoms with E-state index in [1.165, 1.54) is 24.6 Å². The molecule has 0 aliphatic heterocycles. The Morgan fingerprint density at radius 3 is 2.44 bits per heavy atom. The average molecular weight is 262 g/mol. The Balaban J connectivity index is 4.17. The predicted octanol–water partition coefficient (Wildman–Crippen LogP) is 2.47. The highest BCUT2D eigenvalue weighted by Gasteiger charge is 2.29. The molecule has 0 radical (unpaired) electrons. The van der Waals surface area contributed by atoms with Crippen molar-refractivity contribution < 1.29 is 13.2 Å². The van der Waals surface area contributed by atoms with Crippen LogP contribution in [0.1, 0.15) is 6.92 Å². The highest BCUT2D eigenvalue weighted by Crippen LogP contribution is 2.16. The SMILES string of the molecule is C=NN(/C=C/C=C/N=CN(C)CC)CC(F)(F)F. The third-order valence-electron chi connectivity index (χ3n) is 1.83. The second-order valence-corrected chi connectivity index (χ2v) is 3.37. The predicted molar refractivity (Wildman–Crippen MR) is 67.4 cm³/mol. The van der Waals surface area contributed by atoms with Crippen LogP contribution in [0.4, 0.5) is 13.2 Å². The molecule has 0 saturated carbocycles. The lowest BCUT2D eigenvalue weighted by Gasteiger charge is -2.14. The first kappa shape index (κ1) is 16.2. The molecule has 0 unspecified atom stereocenters. The van der Waals surface area contributed by atoms with Crippen LogP contribution in [-0.4, -0.2) is 49.3 Å². The molecule has 0 heterocycles. The van der Waals surface area contributed by atoms with Gasteiger partial charge in [-0.05, 0) is 19.1 Å². The molecule has 102 valence electrons. The third kappa shape index (κ3) is 9.44. The minimum absolute atomic E-state index is 0.701. The summed E-state index contributed by atoms with van der Waals surface area (Å²) >= 11 is 0. The van der Waals surface area contributed by atoms with Crippen molar-refractivity contribution >= 4 is 13.1 Å². The van der Waals surface area contributed by atoms with E-state index in [2.05, 4.69) is 16.8 Å². The molecule has 4 nitrogen and oxygen atoms in total. The highest BCUT2D eigenvalue weighted by molar-refractivity contribution is 5.55. The van der Waals surface area contributed by atoms with E-state index in [-0.39, 0.29) is 0 Å². The number of alkyl halides is 3. The van der Waals surface area contributed by atoms with Crippen LogP contribution in [0, 0.1) is 0 Å². The van der Waals surface area contributed by atoms with Crippen LogP contribution in [0.15, 0.2) is 34.6 Å². The van der Waals surface area contributed by atoms with Gasteiger partial charge in [0.2, 0.25) is 0 Å². The summed E-state index contributed by atoms with van der Waals surface area (Å²) in [4.78, 5) is 5.78. The Kier molecular flexibility index (Phi) is 7.50. The van der Waals surface area contributed by atoms with E-state index in [1.807, 2.05) is 18.9 Å². The van der Waals surface area contributed by atoms with Gasteiger partial charge in [-0.1, -0.05) is 0 Å². The lowest BCUT2D eigenvalue weighted by molar-refractivity contribution is -0.140. The standard InChI is InChI=1S/C11H17F3N4/c1-4-17(3)10-16-7-5-6-8-18(15-2)9-11(12,13)14/h5-8,10H,2,4,9H2,1,3H3/b7-5+,8-6+,16-10?. The van der Waals surface area contributed by atoms with Crippen molar-refractivity contribution in [3.8, 4) is 0 Å². The van der Waals surface area contributed by atoms with Gasteiger partial charge in [-0.15, -0.1) is 0 Å². The van der Waals surface area contributed by atoms with Crippen LogP contribution in [-0.2, 0) is 0 Å². The molecule has 0 bridgehead atoms. The van der Waals surface area contributed by atoms with Crippen LogP contribution in [0.5, 0.6) is 0 Å². The fourth-order valence-electron chi connectivity index (χ4n) is 0.816. The Morgan fingerprint density at radius 1 is 1.28 bits per heavy atom. The van der Waals surface area contributed by atoms with Gasteiger partial charge in [0.1, 0.15) is 6.54 Å². The normalized spacial score (nSPS) is 12.7. The number of nitrogens with zero attached hydrogens (tertiary/aromatic N) is 4. The zero-order valence-electron chi connectivity index (χ0n) is 10.4. The van der Waals surface area contributed by atoms with Gasteiger partial charge >= 0.3 is 6.18 Å². The van der Waals surface area contributed by atoms with Crippen LogP contribution in [0.2, 0.25) is 0 Å². The number of hydrogen-bond acceptors (Lipinski definition) is 3. The molecule has 0 N–H and O–H groups in total. The van der Waals surface area contributed by atoms with Crippen molar-refractivity contribution in [3.05, 3.63) is 24.6 Å². The summed E-state index contributed by atoms with van der Waals surface area (Å²) in [6.07, 6.45) is 2.87. The van der Waals surface area contributed by atoms with E-state index in [0.717, 1.165) is 6.54 Å². The van der Waals surface area contributed by atoms with Crippen molar-refractivity contribution in [1.29, 1.82) is 0 Å². The van der Waals surface area contributed by atoms with Gasteiger partial charge in [0.05, 0.1) is 6.34 Å². The summed E-state index contributed by atoms with van der Waals surface area (Å²) in [5.41, 5.74) is 0. The zero-order chi connectivity index (χ0) is 14.0. The molecule has 0 saturated heterocycles. The van der Waals surface area contributed by atoms with Crippen LogP contribution < -0.4 is 0 Å². The Bertz CT molecular complexity index is 321. The van der Waals surface area contributed by atoms with Crippen molar-refractivity contribution in [2.24, 2.45) is 10.1 Å². The summed E-state index contributed by atoms with van der Waals surface area (Å²) in [7, 11) is 1.86. The van der Waals surface area contributed by atoms with Crippen molar-refractivity contribution in [2.75, 3.05) is 20.1 Å². The van der Waals surface area contributed by atoms with Gasteiger partial charge in [-0.3, -0.25) is 5.01 Å². The Hall–Kier alpha value is -1.79. The first-order chi connectivity index (χ1) is 8.39. The van der Waals surface area contributed by atoms with Crippen molar-refractivity contribution in [3.63, 3.8) is 0 Å². The fraction of sp³-hybridized carbons (Fsp3) is 0.455. The van der Waals surface area contributed by atoms with Gasteiger partial charge in [0, 0.05) is 32.7 Å². The number of hydrogen-bond donors (Lipinski definition) is 0. The van der Waals surface area contributed by atoms with Gasteiger partial charge in [0.25, 0.3) is 0 Å². The lowest BCUT2D eigenvalue weighted by Crippen LogP contribution is -2.26. The zero-order valence-corrected chi connectivity index (χ0v) is 10.4. The van der Waals surface area contributed by atoms with Crippen LogP contribution in [0.3, 0.4) is 0 Å². The van der Waals surface area contributed by atoms with Gasteiger partial charge < -0.3 is 4.90 Å². The maximum Gasteiger partial charge on any atom is 0.408 e. The first-order valence-electron chi connectivity index (χ1n) is 5.26. The monoisotopic (exact) mass is 262 g/mol. The summed E-state index contributed by atoms with van der Waals surface area (Å²) in [6.45, 7) is 4.69. The van der Waals surface area contributed by atoms with Gasteiger partial charge in [0.15, 0.2) is 0 Å². The van der Waals surface area contributed by atoms with Gasteiger partial charge in [-0.2, -0.15) is 18.3 Å². The second kappa shape index (κ2) is 8.32. The highest BCUT2D eigenvalue weighted by atomic mass is 19.4. The van der Waals surface area contributed by atoms with Crippen LogP contribution >= 0.6 is 0 Å². The number of aliphatic imine (C=N–C) groups is 1. The molecule has 0 fully saturated rings. The molecular formula is C11H17F3N4.